The van der Waals surface area contributed by atoms with Gasteiger partial charge in [0.05, 0.1) is 0 Å². The summed E-state index contributed by atoms with van der Waals surface area (Å²) in [7, 11) is 0. The highest BCUT2D eigenvalue weighted by Crippen LogP contribution is 2.23. The second-order valence-corrected chi connectivity index (χ2v) is 7.31. The molecular formula is C24H30O2. The van der Waals surface area contributed by atoms with Gasteiger partial charge in [-0.05, 0) is 41.0 Å². The SMILES string of the molecule is CCCc1ccc(C(CC=O)C(=O)CCc2ccc(C(C)C)cc2)cc1. The number of Topliss-reactive ketones (excluding diaryl/α,β-unsaturated/α-hetero) is 1. The number of aldehydes is 1. The molecule has 1 unspecified atom stereocenters. The van der Waals surface area contributed by atoms with Crippen molar-refractivity contribution in [3.8, 4) is 0 Å². The number of carbonyl (C=O) groups excluding carboxylic acids is 2. The van der Waals surface area contributed by atoms with Gasteiger partial charge < -0.3 is 4.79 Å². The lowest BCUT2D eigenvalue weighted by Crippen LogP contribution is -2.14. The number of hydrogen-bond donors (Lipinski definition) is 0. The first-order valence-corrected chi connectivity index (χ1v) is 9.69. The first-order chi connectivity index (χ1) is 12.5. The van der Waals surface area contributed by atoms with Crippen LogP contribution in [0.2, 0.25) is 0 Å². The normalized spacial score (nSPS) is 12.2. The number of benzene rings is 2. The molecule has 0 aliphatic rings. The van der Waals surface area contributed by atoms with E-state index in [4.69, 9.17) is 0 Å². The van der Waals surface area contributed by atoms with Gasteiger partial charge in [0.25, 0.3) is 0 Å². The molecule has 1 atom stereocenters. The topological polar surface area (TPSA) is 34.1 Å². The van der Waals surface area contributed by atoms with Crippen LogP contribution in [0.5, 0.6) is 0 Å². The van der Waals surface area contributed by atoms with Crippen LogP contribution in [-0.2, 0) is 22.4 Å². The average molecular weight is 351 g/mol. The third-order valence-corrected chi connectivity index (χ3v) is 4.95. The molecule has 26 heavy (non-hydrogen) atoms. The molecule has 0 radical (unpaired) electrons. The molecule has 0 amide bonds. The van der Waals surface area contributed by atoms with Gasteiger partial charge in [-0.1, -0.05) is 75.7 Å². The van der Waals surface area contributed by atoms with Gasteiger partial charge in [0.1, 0.15) is 12.1 Å². The van der Waals surface area contributed by atoms with Crippen molar-refractivity contribution in [2.45, 2.75) is 64.7 Å². The lowest BCUT2D eigenvalue weighted by atomic mass is 9.88. The smallest absolute Gasteiger partial charge is 0.141 e. The number of carbonyl (C=O) groups is 2. The highest BCUT2D eigenvalue weighted by atomic mass is 16.1. The molecule has 2 nitrogen and oxygen atoms in total. The largest absolute Gasteiger partial charge is 0.303 e. The van der Waals surface area contributed by atoms with Gasteiger partial charge in [0, 0.05) is 18.8 Å². The second-order valence-electron chi connectivity index (χ2n) is 7.31. The summed E-state index contributed by atoms with van der Waals surface area (Å²) in [6.07, 6.45) is 4.46. The number of hydrogen-bond acceptors (Lipinski definition) is 2. The van der Waals surface area contributed by atoms with Crippen LogP contribution in [0.4, 0.5) is 0 Å². The van der Waals surface area contributed by atoms with E-state index in [9.17, 15) is 9.59 Å². The molecule has 0 aromatic heterocycles. The highest BCUT2D eigenvalue weighted by molar-refractivity contribution is 5.88. The molecule has 2 aromatic carbocycles. The molecule has 0 bridgehead atoms. The van der Waals surface area contributed by atoms with Gasteiger partial charge in [-0.15, -0.1) is 0 Å². The highest BCUT2D eigenvalue weighted by Gasteiger charge is 2.20. The summed E-state index contributed by atoms with van der Waals surface area (Å²) in [6.45, 7) is 6.50. The van der Waals surface area contributed by atoms with Crippen LogP contribution in [-0.4, -0.2) is 12.1 Å². The molecule has 0 saturated carbocycles. The first kappa shape index (κ1) is 20.1. The monoisotopic (exact) mass is 350 g/mol. The minimum absolute atomic E-state index is 0.147. The Morgan fingerprint density at radius 1 is 0.885 bits per heavy atom. The van der Waals surface area contributed by atoms with E-state index in [0.717, 1.165) is 31.1 Å². The zero-order valence-electron chi connectivity index (χ0n) is 16.2. The minimum Gasteiger partial charge on any atom is -0.303 e. The molecule has 2 rings (SSSR count). The van der Waals surface area contributed by atoms with Crippen LogP contribution in [0.1, 0.15) is 74.1 Å². The Bertz CT molecular complexity index is 696. The minimum atomic E-state index is -0.321. The van der Waals surface area contributed by atoms with Crippen LogP contribution < -0.4 is 0 Å². The van der Waals surface area contributed by atoms with E-state index < -0.39 is 0 Å². The van der Waals surface area contributed by atoms with Crippen LogP contribution in [0.3, 0.4) is 0 Å². The Morgan fingerprint density at radius 2 is 1.42 bits per heavy atom. The van der Waals surface area contributed by atoms with E-state index in [2.05, 4.69) is 57.2 Å². The van der Waals surface area contributed by atoms with E-state index in [1.165, 1.54) is 16.7 Å². The van der Waals surface area contributed by atoms with Gasteiger partial charge >= 0.3 is 0 Å². The van der Waals surface area contributed by atoms with Gasteiger partial charge in [-0.2, -0.15) is 0 Å². The summed E-state index contributed by atoms with van der Waals surface area (Å²) in [6, 6.07) is 16.7. The fourth-order valence-electron chi connectivity index (χ4n) is 3.27. The number of rotatable bonds is 10. The maximum Gasteiger partial charge on any atom is 0.141 e. The summed E-state index contributed by atoms with van der Waals surface area (Å²) in [5.41, 5.74) is 4.72. The Labute approximate surface area is 157 Å². The van der Waals surface area contributed by atoms with Crippen LogP contribution in [0.15, 0.2) is 48.5 Å². The second kappa shape index (κ2) is 10.1. The molecule has 0 spiro atoms. The summed E-state index contributed by atoms with van der Waals surface area (Å²) in [4.78, 5) is 23.8. The third kappa shape index (κ3) is 5.66. The van der Waals surface area contributed by atoms with Gasteiger partial charge in [-0.25, -0.2) is 0 Å². The predicted octanol–water partition coefficient (Wildman–Crippen LogP) is 5.64. The first-order valence-electron chi connectivity index (χ1n) is 9.69. The van der Waals surface area contributed by atoms with Crippen LogP contribution in [0.25, 0.3) is 0 Å². The van der Waals surface area contributed by atoms with Gasteiger partial charge in [0.15, 0.2) is 0 Å². The Hall–Kier alpha value is -2.22. The predicted molar refractivity (Wildman–Crippen MR) is 108 cm³/mol. The number of ketones is 1. The summed E-state index contributed by atoms with van der Waals surface area (Å²) in [5, 5.41) is 0. The fraction of sp³-hybridized carbons (Fsp3) is 0.417. The van der Waals surface area contributed by atoms with Crippen molar-refractivity contribution >= 4 is 12.1 Å². The number of aryl methyl sites for hydroxylation is 2. The molecule has 0 aliphatic heterocycles. The zero-order valence-corrected chi connectivity index (χ0v) is 16.2. The lowest BCUT2D eigenvalue weighted by molar-refractivity contribution is -0.122. The van der Waals surface area contributed by atoms with Crippen molar-refractivity contribution in [2.75, 3.05) is 0 Å². The maximum absolute atomic E-state index is 12.7. The Kier molecular flexibility index (Phi) is 7.77. The molecule has 0 aliphatic carbocycles. The van der Waals surface area contributed by atoms with Crippen LogP contribution >= 0.6 is 0 Å². The van der Waals surface area contributed by atoms with E-state index in [-0.39, 0.29) is 18.1 Å². The molecule has 0 saturated heterocycles. The van der Waals surface area contributed by atoms with Gasteiger partial charge in [-0.3, -0.25) is 4.79 Å². The molecule has 0 N–H and O–H groups in total. The van der Waals surface area contributed by atoms with E-state index in [1.807, 2.05) is 12.1 Å². The Balaban J connectivity index is 2.02. The third-order valence-electron chi connectivity index (χ3n) is 4.95. The van der Waals surface area contributed by atoms with Crippen molar-refractivity contribution in [3.05, 3.63) is 70.8 Å². The molecular weight excluding hydrogens is 320 g/mol. The maximum atomic E-state index is 12.7. The fourth-order valence-corrected chi connectivity index (χ4v) is 3.27. The molecule has 2 heteroatoms. The van der Waals surface area contributed by atoms with Crippen molar-refractivity contribution < 1.29 is 9.59 Å². The molecule has 0 fully saturated rings. The van der Waals surface area contributed by atoms with Crippen molar-refractivity contribution in [1.29, 1.82) is 0 Å². The Morgan fingerprint density at radius 3 is 1.92 bits per heavy atom. The molecule has 0 heterocycles. The quantitative estimate of drug-likeness (QED) is 0.520. The van der Waals surface area contributed by atoms with E-state index >= 15 is 0 Å². The molecule has 138 valence electrons. The summed E-state index contributed by atoms with van der Waals surface area (Å²) in [5.74, 6) is 0.338. The zero-order chi connectivity index (χ0) is 18.9. The van der Waals surface area contributed by atoms with Gasteiger partial charge in [0.2, 0.25) is 0 Å². The summed E-state index contributed by atoms with van der Waals surface area (Å²) < 4.78 is 0. The average Bonchev–Trinajstić information content (AvgIpc) is 2.65. The lowest BCUT2D eigenvalue weighted by Gasteiger charge is -2.14. The van der Waals surface area contributed by atoms with E-state index in [0.29, 0.717) is 12.3 Å². The van der Waals surface area contributed by atoms with Crippen molar-refractivity contribution in [1.82, 2.24) is 0 Å². The van der Waals surface area contributed by atoms with Crippen LogP contribution in [0, 0.1) is 0 Å². The standard InChI is InChI=1S/C24H30O2/c1-4-5-19-8-13-22(14-9-19)23(16-17-25)24(26)15-10-20-6-11-21(12-7-20)18(2)3/h6-9,11-14,17-18,23H,4-5,10,15-16H2,1-3H3. The van der Waals surface area contributed by atoms with Crippen molar-refractivity contribution in [3.63, 3.8) is 0 Å². The van der Waals surface area contributed by atoms with Crippen molar-refractivity contribution in [2.24, 2.45) is 0 Å². The molecule has 2 aromatic rings. The van der Waals surface area contributed by atoms with E-state index in [1.54, 1.807) is 0 Å². The summed E-state index contributed by atoms with van der Waals surface area (Å²) >= 11 is 0.